The Labute approximate surface area is 169 Å². The fourth-order valence-corrected chi connectivity index (χ4v) is 1.41. The maximum Gasteiger partial charge on any atom is 0.0701 e. The molecule has 0 fully saturated rings. The standard InChI is InChI=1S/C12H28N2O4.8CH4/c1-11(17-7-5-15)9-13-3-4-14-10-12(2)18-8-6-16;;;;;;;;/h11-16H,3-10H2,1-2H3;8*1H4. The molecular formula is C20H60N2O4. The van der Waals surface area contributed by atoms with Crippen molar-refractivity contribution in [2.24, 2.45) is 0 Å². The van der Waals surface area contributed by atoms with E-state index in [-0.39, 0.29) is 84.8 Å². The fourth-order valence-electron chi connectivity index (χ4n) is 1.41. The van der Waals surface area contributed by atoms with Crippen molar-refractivity contribution in [3.8, 4) is 0 Å². The van der Waals surface area contributed by atoms with Crippen molar-refractivity contribution in [1.29, 1.82) is 0 Å². The second-order valence-corrected chi connectivity index (χ2v) is 4.22. The first-order chi connectivity index (χ1) is 8.70. The van der Waals surface area contributed by atoms with Gasteiger partial charge in [-0.05, 0) is 13.8 Å². The third kappa shape index (κ3) is 43.8. The predicted molar refractivity (Wildman–Crippen MR) is 125 cm³/mol. The van der Waals surface area contributed by atoms with Crippen LogP contribution >= 0.6 is 0 Å². The summed E-state index contributed by atoms with van der Waals surface area (Å²) in [6.07, 6.45) is 0.230. The van der Waals surface area contributed by atoms with Crippen LogP contribution in [0.5, 0.6) is 0 Å². The van der Waals surface area contributed by atoms with Gasteiger partial charge in [0, 0.05) is 26.2 Å². The third-order valence-electron chi connectivity index (χ3n) is 2.33. The largest absolute Gasteiger partial charge is 0.394 e. The van der Waals surface area contributed by atoms with Crippen LogP contribution < -0.4 is 10.6 Å². The Morgan fingerprint density at radius 2 is 0.885 bits per heavy atom. The molecule has 0 bridgehead atoms. The van der Waals surface area contributed by atoms with E-state index in [9.17, 15) is 0 Å². The van der Waals surface area contributed by atoms with Gasteiger partial charge in [0.15, 0.2) is 0 Å². The van der Waals surface area contributed by atoms with Crippen LogP contribution in [0, 0.1) is 0 Å². The van der Waals surface area contributed by atoms with Crippen LogP contribution in [0.25, 0.3) is 0 Å². The molecule has 0 aromatic heterocycles. The summed E-state index contributed by atoms with van der Waals surface area (Å²) in [5.41, 5.74) is 0. The molecule has 0 aliphatic carbocycles. The summed E-state index contributed by atoms with van der Waals surface area (Å²) in [7, 11) is 0. The number of nitrogens with one attached hydrogen (secondary N) is 2. The predicted octanol–water partition coefficient (Wildman–Crippen LogP) is 4.05. The van der Waals surface area contributed by atoms with Gasteiger partial charge in [0.2, 0.25) is 0 Å². The monoisotopic (exact) mass is 392 g/mol. The van der Waals surface area contributed by atoms with Gasteiger partial charge in [0.25, 0.3) is 0 Å². The first kappa shape index (κ1) is 56.2. The van der Waals surface area contributed by atoms with E-state index in [4.69, 9.17) is 19.7 Å². The van der Waals surface area contributed by atoms with Crippen LogP contribution in [0.1, 0.15) is 73.3 Å². The lowest BCUT2D eigenvalue weighted by atomic mass is 10.4. The normalized spacial score (nSPS) is 10.2. The van der Waals surface area contributed by atoms with Crippen LogP contribution in [0.15, 0.2) is 0 Å². The molecule has 0 radical (unpaired) electrons. The SMILES string of the molecule is C.C.C.C.C.C.C.C.CC(CNCCNCC(C)OCCO)OCCO. The zero-order valence-corrected chi connectivity index (χ0v) is 11.5. The zero-order chi connectivity index (χ0) is 13.6. The Kier molecular flexibility index (Phi) is 95.8. The summed E-state index contributed by atoms with van der Waals surface area (Å²) >= 11 is 0. The lowest BCUT2D eigenvalue weighted by Gasteiger charge is -2.15. The summed E-state index contributed by atoms with van der Waals surface area (Å²) in [4.78, 5) is 0. The summed E-state index contributed by atoms with van der Waals surface area (Å²) in [5.74, 6) is 0. The molecule has 174 valence electrons. The van der Waals surface area contributed by atoms with Crippen LogP contribution in [0.2, 0.25) is 0 Å². The Bertz CT molecular complexity index is 158. The van der Waals surface area contributed by atoms with Gasteiger partial charge in [0.05, 0.1) is 38.6 Å². The Hall–Kier alpha value is -0.240. The van der Waals surface area contributed by atoms with E-state index >= 15 is 0 Å². The summed E-state index contributed by atoms with van der Waals surface area (Å²) in [6.45, 7) is 8.13. The number of aliphatic hydroxyl groups excluding tert-OH is 2. The van der Waals surface area contributed by atoms with E-state index in [1.807, 2.05) is 13.8 Å². The van der Waals surface area contributed by atoms with Gasteiger partial charge < -0.3 is 30.3 Å². The average molecular weight is 393 g/mol. The Balaban J connectivity index is -0.0000000516. The topological polar surface area (TPSA) is 83.0 Å². The molecule has 0 saturated heterocycles. The number of hydrogen-bond acceptors (Lipinski definition) is 6. The molecule has 2 unspecified atom stereocenters. The molecule has 4 N–H and O–H groups in total. The van der Waals surface area contributed by atoms with Crippen LogP contribution in [0.4, 0.5) is 0 Å². The van der Waals surface area contributed by atoms with Gasteiger partial charge in [-0.15, -0.1) is 0 Å². The maximum atomic E-state index is 8.59. The second-order valence-electron chi connectivity index (χ2n) is 4.22. The lowest BCUT2D eigenvalue weighted by Crippen LogP contribution is -2.36. The van der Waals surface area contributed by atoms with E-state index in [0.29, 0.717) is 13.2 Å². The molecule has 0 saturated carbocycles. The molecule has 0 spiro atoms. The fraction of sp³-hybridized carbons (Fsp3) is 1.00. The van der Waals surface area contributed by atoms with E-state index in [2.05, 4.69) is 10.6 Å². The molecule has 0 aromatic rings. The highest BCUT2D eigenvalue weighted by molar-refractivity contribution is 4.59. The molecule has 0 aliphatic heterocycles. The first-order valence-electron chi connectivity index (χ1n) is 6.57. The van der Waals surface area contributed by atoms with Crippen molar-refractivity contribution < 1.29 is 19.7 Å². The van der Waals surface area contributed by atoms with E-state index < -0.39 is 0 Å². The van der Waals surface area contributed by atoms with E-state index in [0.717, 1.165) is 26.2 Å². The molecule has 0 rings (SSSR count). The molecule has 0 heterocycles. The van der Waals surface area contributed by atoms with Crippen LogP contribution in [-0.4, -0.2) is 75.0 Å². The summed E-state index contributed by atoms with van der Waals surface area (Å²) in [5, 5.41) is 23.7. The maximum absolute atomic E-state index is 8.59. The average Bonchev–Trinajstić information content (AvgIpc) is 2.37. The molecule has 6 nitrogen and oxygen atoms in total. The molecule has 26 heavy (non-hydrogen) atoms. The lowest BCUT2D eigenvalue weighted by molar-refractivity contribution is 0.0378. The molecule has 6 heteroatoms. The highest BCUT2D eigenvalue weighted by Gasteiger charge is 2.02. The van der Waals surface area contributed by atoms with Crippen molar-refractivity contribution in [1.82, 2.24) is 10.6 Å². The number of rotatable bonds is 13. The van der Waals surface area contributed by atoms with Crippen molar-refractivity contribution in [3.05, 3.63) is 0 Å². The summed E-state index contributed by atoms with van der Waals surface area (Å²) < 4.78 is 10.6. The van der Waals surface area contributed by atoms with Gasteiger partial charge in [-0.2, -0.15) is 0 Å². The van der Waals surface area contributed by atoms with Gasteiger partial charge >= 0.3 is 0 Å². The number of aliphatic hydroxyl groups is 2. The highest BCUT2D eigenvalue weighted by atomic mass is 16.5. The molecular weight excluding hydrogens is 332 g/mol. The quantitative estimate of drug-likeness (QED) is 0.354. The van der Waals surface area contributed by atoms with Gasteiger partial charge in [-0.25, -0.2) is 0 Å². The second kappa shape index (κ2) is 44.3. The Morgan fingerprint density at radius 3 is 1.12 bits per heavy atom. The van der Waals surface area contributed by atoms with Crippen molar-refractivity contribution in [2.45, 2.75) is 85.5 Å². The van der Waals surface area contributed by atoms with Crippen molar-refractivity contribution in [2.75, 3.05) is 52.6 Å². The molecule has 0 aliphatic rings. The number of hydrogen-bond donors (Lipinski definition) is 4. The minimum Gasteiger partial charge on any atom is -0.394 e. The smallest absolute Gasteiger partial charge is 0.0701 e. The van der Waals surface area contributed by atoms with Crippen molar-refractivity contribution in [3.63, 3.8) is 0 Å². The third-order valence-corrected chi connectivity index (χ3v) is 2.33. The first-order valence-corrected chi connectivity index (χ1v) is 6.57. The number of ether oxygens (including phenoxy) is 2. The van der Waals surface area contributed by atoms with Gasteiger partial charge in [0.1, 0.15) is 0 Å². The van der Waals surface area contributed by atoms with Gasteiger partial charge in [-0.1, -0.05) is 59.4 Å². The van der Waals surface area contributed by atoms with Crippen LogP contribution in [-0.2, 0) is 9.47 Å². The van der Waals surface area contributed by atoms with Gasteiger partial charge in [-0.3, -0.25) is 0 Å². The summed E-state index contributed by atoms with van der Waals surface area (Å²) in [6, 6.07) is 0. The van der Waals surface area contributed by atoms with Crippen molar-refractivity contribution >= 4 is 0 Å². The van der Waals surface area contributed by atoms with E-state index in [1.54, 1.807) is 0 Å². The zero-order valence-electron chi connectivity index (χ0n) is 11.5. The minimum absolute atomic E-state index is 0. The minimum atomic E-state index is 0. The molecule has 2 atom stereocenters. The highest BCUT2D eigenvalue weighted by Crippen LogP contribution is 1.88. The van der Waals surface area contributed by atoms with E-state index in [1.165, 1.54) is 0 Å². The molecule has 0 amide bonds. The Morgan fingerprint density at radius 1 is 0.615 bits per heavy atom. The van der Waals surface area contributed by atoms with Crippen LogP contribution in [0.3, 0.4) is 0 Å². The molecule has 0 aromatic carbocycles.